The average Bonchev–Trinajstić information content (AvgIpc) is 2.95. The van der Waals surface area contributed by atoms with E-state index in [1.54, 1.807) is 29.2 Å². The fourth-order valence-corrected chi connectivity index (χ4v) is 5.49. The summed E-state index contributed by atoms with van der Waals surface area (Å²) < 4.78 is 21.9. The third-order valence-corrected chi connectivity index (χ3v) is 7.75. The Bertz CT molecular complexity index is 1690. The number of pyridine rings is 1. The summed E-state index contributed by atoms with van der Waals surface area (Å²) in [5.41, 5.74) is 2.94. The van der Waals surface area contributed by atoms with Crippen LogP contribution in [0, 0.1) is 11.7 Å². The van der Waals surface area contributed by atoms with E-state index >= 15 is 0 Å². The van der Waals surface area contributed by atoms with Crippen LogP contribution in [-0.2, 0) is 4.74 Å². The number of halogens is 2. The molecule has 2 aromatic heterocycles. The zero-order valence-electron chi connectivity index (χ0n) is 26.4. The lowest BCUT2D eigenvalue weighted by Gasteiger charge is -2.41. The average molecular weight is 627 g/mol. The van der Waals surface area contributed by atoms with Crippen molar-refractivity contribution in [3.8, 4) is 11.3 Å². The summed E-state index contributed by atoms with van der Waals surface area (Å²) >= 11 is 6.78. The van der Waals surface area contributed by atoms with Crippen LogP contribution in [0.4, 0.5) is 15.0 Å². The summed E-state index contributed by atoms with van der Waals surface area (Å²) in [5, 5.41) is 10.8. The van der Waals surface area contributed by atoms with Crippen LogP contribution in [0.1, 0.15) is 55.4 Å². The number of rotatable bonds is 6. The maximum absolute atomic E-state index is 15.0. The summed E-state index contributed by atoms with van der Waals surface area (Å²) in [6.07, 6.45) is 1.40. The molecule has 0 saturated carbocycles. The molecule has 0 spiro atoms. The van der Waals surface area contributed by atoms with Gasteiger partial charge in [0.1, 0.15) is 17.2 Å². The number of nitrogens with zero attached hydrogens (tertiary/aromatic N) is 5. The van der Waals surface area contributed by atoms with Gasteiger partial charge in [-0.15, -0.1) is 0 Å². The van der Waals surface area contributed by atoms with Gasteiger partial charge in [-0.2, -0.15) is 4.98 Å². The highest BCUT2D eigenvalue weighted by atomic mass is 35.5. The van der Waals surface area contributed by atoms with Crippen LogP contribution in [0.15, 0.2) is 52.5 Å². The number of carbonyl (C=O) groups excluding carboxylic acids is 1. The molecular weight excluding hydrogens is 587 g/mol. The molecule has 1 aromatic carbocycles. The number of amides is 1. The maximum atomic E-state index is 15.0. The minimum absolute atomic E-state index is 0.158. The van der Waals surface area contributed by atoms with Gasteiger partial charge >= 0.3 is 11.8 Å². The standard InChI is InChI=1S/C32H40ClFN6O4/c1-9-19(4)27(25(37-43)18(2)3)40-29-22(16-23(33)26(35-29)21-12-10-11-13-24(21)34)28(36-30(40)41)39-15-14-38(17-20(39)5)31(42)44-32(6,7)8/h9-13,16,18,20,37,43H,14-15,17H2,1-8H3/b19-9-,27-25+. The smallest absolute Gasteiger partial charge is 0.410 e. The van der Waals surface area contributed by atoms with E-state index in [4.69, 9.17) is 21.3 Å². The molecule has 10 nitrogen and oxygen atoms in total. The number of fused-ring (bicyclic) bond motifs is 1. The third-order valence-electron chi connectivity index (χ3n) is 7.46. The number of hydrogen-bond acceptors (Lipinski definition) is 8. The van der Waals surface area contributed by atoms with Crippen molar-refractivity contribution in [2.24, 2.45) is 5.92 Å². The summed E-state index contributed by atoms with van der Waals surface area (Å²) in [6.45, 7) is 15.8. The van der Waals surface area contributed by atoms with E-state index in [2.05, 4.69) is 10.5 Å². The minimum Gasteiger partial charge on any atom is -0.444 e. The number of nitrogens with one attached hydrogen (secondary N) is 1. The Hall–Kier alpha value is -3.96. The van der Waals surface area contributed by atoms with Gasteiger partial charge in [-0.05, 0) is 71.2 Å². The number of anilines is 1. The first kappa shape index (κ1) is 32.9. The van der Waals surface area contributed by atoms with Gasteiger partial charge in [-0.3, -0.25) is 10.7 Å². The molecule has 1 unspecified atom stereocenters. The summed E-state index contributed by atoms with van der Waals surface area (Å²) in [7, 11) is 0. The normalized spacial score (nSPS) is 16.8. The first-order chi connectivity index (χ1) is 20.7. The van der Waals surface area contributed by atoms with Crippen LogP contribution in [-0.4, -0.2) is 62.0 Å². The lowest BCUT2D eigenvalue weighted by molar-refractivity contribution is 0.0218. The van der Waals surface area contributed by atoms with Crippen LogP contribution in [0.3, 0.4) is 0 Å². The third kappa shape index (κ3) is 6.58. The molecule has 4 rings (SSSR count). The number of hydroxylamine groups is 1. The number of aromatic nitrogens is 3. The molecule has 236 valence electrons. The second kappa shape index (κ2) is 13.0. The highest BCUT2D eigenvalue weighted by molar-refractivity contribution is 6.33. The van der Waals surface area contributed by atoms with Gasteiger partial charge < -0.3 is 14.5 Å². The monoisotopic (exact) mass is 626 g/mol. The molecule has 12 heteroatoms. The van der Waals surface area contributed by atoms with Gasteiger partial charge in [0.05, 0.1) is 27.5 Å². The van der Waals surface area contributed by atoms with E-state index in [1.807, 2.05) is 66.4 Å². The molecule has 1 amide bonds. The van der Waals surface area contributed by atoms with Crippen molar-refractivity contribution in [1.82, 2.24) is 24.9 Å². The summed E-state index contributed by atoms with van der Waals surface area (Å²) in [6, 6.07) is 7.53. The van der Waals surface area contributed by atoms with Crippen LogP contribution >= 0.6 is 11.6 Å². The molecule has 0 bridgehead atoms. The molecule has 1 aliphatic rings. The van der Waals surface area contributed by atoms with E-state index < -0.39 is 23.2 Å². The molecule has 1 aliphatic heterocycles. The molecule has 1 atom stereocenters. The van der Waals surface area contributed by atoms with Crippen molar-refractivity contribution in [1.29, 1.82) is 0 Å². The minimum atomic E-state index is -0.645. The van der Waals surface area contributed by atoms with Crippen molar-refractivity contribution in [3.63, 3.8) is 0 Å². The second-order valence-corrected chi connectivity index (χ2v) is 12.6. The number of allylic oxidation sites excluding steroid dienone is 4. The molecule has 1 fully saturated rings. The lowest BCUT2D eigenvalue weighted by Crippen LogP contribution is -2.55. The number of carbonyl (C=O) groups is 1. The van der Waals surface area contributed by atoms with Crippen LogP contribution < -0.4 is 16.1 Å². The van der Waals surface area contributed by atoms with Crippen molar-refractivity contribution in [3.05, 3.63) is 69.0 Å². The van der Waals surface area contributed by atoms with E-state index in [1.165, 1.54) is 10.6 Å². The first-order valence-corrected chi connectivity index (χ1v) is 15.0. The lowest BCUT2D eigenvalue weighted by atomic mass is 10.0. The maximum Gasteiger partial charge on any atom is 0.410 e. The van der Waals surface area contributed by atoms with E-state index in [-0.39, 0.29) is 33.9 Å². The van der Waals surface area contributed by atoms with Gasteiger partial charge in [0.15, 0.2) is 5.65 Å². The van der Waals surface area contributed by atoms with Crippen LogP contribution in [0.2, 0.25) is 5.02 Å². The fourth-order valence-electron chi connectivity index (χ4n) is 5.23. The van der Waals surface area contributed by atoms with E-state index in [9.17, 15) is 19.2 Å². The number of ether oxygens (including phenoxy) is 1. The molecule has 44 heavy (non-hydrogen) atoms. The second-order valence-electron chi connectivity index (χ2n) is 12.2. The molecular formula is C32H40ClFN6O4. The molecule has 3 heterocycles. The van der Waals surface area contributed by atoms with Crippen molar-refractivity contribution < 1.29 is 19.1 Å². The highest BCUT2D eigenvalue weighted by Crippen LogP contribution is 2.36. The van der Waals surface area contributed by atoms with E-state index in [0.717, 1.165) is 0 Å². The van der Waals surface area contributed by atoms with Crippen LogP contribution in [0.5, 0.6) is 0 Å². The van der Waals surface area contributed by atoms with Gasteiger partial charge in [-0.25, -0.2) is 23.5 Å². The molecule has 3 aromatic rings. The van der Waals surface area contributed by atoms with Crippen molar-refractivity contribution in [2.75, 3.05) is 24.5 Å². The number of piperazine rings is 1. The number of benzene rings is 1. The quantitative estimate of drug-likeness (QED) is 0.237. The fraction of sp³-hybridized carbons (Fsp3) is 0.438. The Labute approximate surface area is 261 Å². The zero-order valence-corrected chi connectivity index (χ0v) is 27.2. The zero-order chi connectivity index (χ0) is 32.5. The van der Waals surface area contributed by atoms with Crippen molar-refractivity contribution in [2.45, 2.75) is 67.0 Å². The number of hydrogen-bond donors (Lipinski definition) is 2. The Morgan fingerprint density at radius 3 is 2.48 bits per heavy atom. The summed E-state index contributed by atoms with van der Waals surface area (Å²) in [4.78, 5) is 39.8. The Morgan fingerprint density at radius 2 is 1.91 bits per heavy atom. The molecule has 0 radical (unpaired) electrons. The van der Waals surface area contributed by atoms with Gasteiger partial charge in [-0.1, -0.05) is 43.7 Å². The van der Waals surface area contributed by atoms with Crippen molar-refractivity contribution >= 4 is 40.2 Å². The van der Waals surface area contributed by atoms with E-state index in [0.29, 0.717) is 47.8 Å². The SMILES string of the molecule is C/C=C(C)\C(=C(/NO)C(C)C)n1c(=O)nc(N2CCN(C(=O)OC(C)(C)C)CC2C)c2cc(Cl)c(-c3ccccc3F)nc21. The van der Waals surface area contributed by atoms with Gasteiger partial charge in [0, 0.05) is 31.2 Å². The largest absolute Gasteiger partial charge is 0.444 e. The Balaban J connectivity index is 1.99. The topological polar surface area (TPSA) is 113 Å². The molecule has 0 aliphatic carbocycles. The first-order valence-electron chi connectivity index (χ1n) is 14.6. The highest BCUT2D eigenvalue weighted by Gasteiger charge is 2.33. The molecule has 1 saturated heterocycles. The molecule has 2 N–H and O–H groups in total. The predicted molar refractivity (Wildman–Crippen MR) is 171 cm³/mol. The Kier molecular flexibility index (Phi) is 9.70. The van der Waals surface area contributed by atoms with Gasteiger partial charge in [0.2, 0.25) is 0 Å². The van der Waals surface area contributed by atoms with Gasteiger partial charge in [0.25, 0.3) is 0 Å². The predicted octanol–water partition coefficient (Wildman–Crippen LogP) is 6.47. The van der Waals surface area contributed by atoms with Crippen LogP contribution in [0.25, 0.3) is 28.0 Å². The summed E-state index contributed by atoms with van der Waals surface area (Å²) in [5.74, 6) is -0.393. The Morgan fingerprint density at radius 1 is 1.23 bits per heavy atom.